The van der Waals surface area contributed by atoms with Crippen molar-refractivity contribution in [2.45, 2.75) is 24.8 Å². The first-order chi connectivity index (χ1) is 8.27. The van der Waals surface area contributed by atoms with Gasteiger partial charge in [-0.3, -0.25) is 4.79 Å². The molecular formula is C10H9F3N2O3. The van der Waals surface area contributed by atoms with E-state index >= 15 is 0 Å². The molecule has 0 radical (unpaired) electrons. The predicted molar refractivity (Wildman–Crippen MR) is 53.3 cm³/mol. The van der Waals surface area contributed by atoms with Gasteiger partial charge in [0.05, 0.1) is 24.2 Å². The first-order valence-corrected chi connectivity index (χ1v) is 4.80. The van der Waals surface area contributed by atoms with Crippen molar-refractivity contribution in [3.8, 4) is 6.07 Å². The fourth-order valence-corrected chi connectivity index (χ4v) is 1.30. The fraction of sp³-hybridized carbons (Fsp3) is 0.400. The summed E-state index contributed by atoms with van der Waals surface area (Å²) in [6, 6.07) is 1.99. The highest BCUT2D eigenvalue weighted by Gasteiger charge is 2.32. The van der Waals surface area contributed by atoms with Gasteiger partial charge in [0.2, 0.25) is 0 Å². The molecule has 1 rings (SSSR count). The molecule has 2 unspecified atom stereocenters. The van der Waals surface area contributed by atoms with Crippen molar-refractivity contribution >= 4 is 0 Å². The molecule has 1 aromatic heterocycles. The first-order valence-electron chi connectivity index (χ1n) is 4.80. The van der Waals surface area contributed by atoms with Crippen LogP contribution < -0.4 is 5.56 Å². The van der Waals surface area contributed by atoms with E-state index in [1.165, 1.54) is 6.07 Å². The average molecular weight is 262 g/mol. The molecule has 98 valence electrons. The second-order valence-corrected chi connectivity index (χ2v) is 3.55. The number of alkyl halides is 3. The number of aromatic amines is 1. The van der Waals surface area contributed by atoms with Crippen molar-refractivity contribution in [2.24, 2.45) is 0 Å². The van der Waals surface area contributed by atoms with Gasteiger partial charge in [-0.25, -0.2) is 0 Å². The van der Waals surface area contributed by atoms with Crippen molar-refractivity contribution in [1.82, 2.24) is 4.98 Å². The number of rotatable bonds is 3. The number of pyridine rings is 1. The molecule has 3 N–H and O–H groups in total. The Hall–Kier alpha value is -1.85. The molecule has 0 bridgehead atoms. The van der Waals surface area contributed by atoms with E-state index in [4.69, 9.17) is 5.26 Å². The van der Waals surface area contributed by atoms with Gasteiger partial charge >= 0.3 is 6.18 Å². The molecule has 0 saturated heterocycles. The molecule has 5 nitrogen and oxygen atoms in total. The molecule has 0 fully saturated rings. The van der Waals surface area contributed by atoms with E-state index < -0.39 is 41.5 Å². The number of nitriles is 1. The summed E-state index contributed by atoms with van der Waals surface area (Å²) in [7, 11) is 0. The summed E-state index contributed by atoms with van der Waals surface area (Å²) in [6.07, 6.45) is -8.19. The fourth-order valence-electron chi connectivity index (χ4n) is 1.30. The number of H-pyrrole nitrogens is 1. The van der Waals surface area contributed by atoms with E-state index in [9.17, 15) is 28.2 Å². The molecule has 2 atom stereocenters. The Balaban J connectivity index is 3.17. The SMILES string of the molecule is N#CCC(O)C(O)c1cc(C(F)(F)F)c[nH]c1=O. The van der Waals surface area contributed by atoms with Gasteiger partial charge in [0, 0.05) is 11.8 Å². The Morgan fingerprint density at radius 2 is 2.06 bits per heavy atom. The van der Waals surface area contributed by atoms with Gasteiger partial charge in [0.15, 0.2) is 0 Å². The zero-order valence-corrected chi connectivity index (χ0v) is 8.90. The molecule has 0 aliphatic carbocycles. The van der Waals surface area contributed by atoms with Crippen LogP contribution in [0.4, 0.5) is 13.2 Å². The maximum Gasteiger partial charge on any atom is 0.417 e. The minimum absolute atomic E-state index is 0.449. The smallest absolute Gasteiger partial charge is 0.389 e. The summed E-state index contributed by atoms with van der Waals surface area (Å²) in [4.78, 5) is 13.1. The summed E-state index contributed by atoms with van der Waals surface area (Å²) >= 11 is 0. The lowest BCUT2D eigenvalue weighted by molar-refractivity contribution is -0.138. The van der Waals surface area contributed by atoms with Crippen LogP contribution in [0, 0.1) is 11.3 Å². The summed E-state index contributed by atoms with van der Waals surface area (Å²) in [6.45, 7) is 0. The number of aliphatic hydroxyl groups is 2. The second-order valence-electron chi connectivity index (χ2n) is 3.55. The van der Waals surface area contributed by atoms with E-state index in [1.54, 1.807) is 0 Å². The number of halogens is 3. The van der Waals surface area contributed by atoms with Gasteiger partial charge in [0.25, 0.3) is 5.56 Å². The number of hydrogen-bond acceptors (Lipinski definition) is 4. The van der Waals surface area contributed by atoms with Crippen LogP contribution in [0.3, 0.4) is 0 Å². The number of aromatic nitrogens is 1. The molecule has 1 heterocycles. The van der Waals surface area contributed by atoms with Crippen LogP contribution in [0.15, 0.2) is 17.1 Å². The van der Waals surface area contributed by atoms with Crippen LogP contribution in [0.1, 0.15) is 23.7 Å². The third kappa shape index (κ3) is 3.09. The van der Waals surface area contributed by atoms with E-state index in [1.807, 2.05) is 4.98 Å². The third-order valence-electron chi connectivity index (χ3n) is 2.24. The minimum Gasteiger partial charge on any atom is -0.389 e. The number of aliphatic hydroxyl groups excluding tert-OH is 2. The van der Waals surface area contributed by atoms with Gasteiger partial charge in [-0.2, -0.15) is 18.4 Å². The van der Waals surface area contributed by atoms with Crippen LogP contribution in [-0.4, -0.2) is 21.3 Å². The standard InChI is InChI=1S/C10H9F3N2O3/c11-10(12,13)5-3-6(9(18)15-4-5)8(17)7(16)1-2-14/h3-4,7-8,16-17H,1H2,(H,15,18). The van der Waals surface area contributed by atoms with Crippen molar-refractivity contribution in [3.63, 3.8) is 0 Å². The Morgan fingerprint density at radius 1 is 1.44 bits per heavy atom. The topological polar surface area (TPSA) is 97.1 Å². The highest BCUT2D eigenvalue weighted by Crippen LogP contribution is 2.29. The van der Waals surface area contributed by atoms with Crippen molar-refractivity contribution in [1.29, 1.82) is 5.26 Å². The molecule has 0 spiro atoms. The Bertz CT molecular complexity index is 518. The largest absolute Gasteiger partial charge is 0.417 e. The molecule has 0 aliphatic rings. The van der Waals surface area contributed by atoms with Gasteiger partial charge in [-0.05, 0) is 6.07 Å². The lowest BCUT2D eigenvalue weighted by Gasteiger charge is -2.16. The van der Waals surface area contributed by atoms with Crippen molar-refractivity contribution in [3.05, 3.63) is 33.7 Å². The summed E-state index contributed by atoms with van der Waals surface area (Å²) in [5.74, 6) is 0. The maximum atomic E-state index is 12.4. The average Bonchev–Trinajstić information content (AvgIpc) is 2.27. The quantitative estimate of drug-likeness (QED) is 0.747. The van der Waals surface area contributed by atoms with Gasteiger partial charge in [0.1, 0.15) is 6.10 Å². The number of nitrogens with one attached hydrogen (secondary N) is 1. The molecule has 0 aromatic carbocycles. The van der Waals surface area contributed by atoms with E-state index in [-0.39, 0.29) is 0 Å². The van der Waals surface area contributed by atoms with Crippen LogP contribution in [-0.2, 0) is 6.18 Å². The van der Waals surface area contributed by atoms with E-state index in [2.05, 4.69) is 0 Å². The molecule has 0 aliphatic heterocycles. The normalized spacial score (nSPS) is 14.9. The van der Waals surface area contributed by atoms with Gasteiger partial charge in [-0.15, -0.1) is 0 Å². The lowest BCUT2D eigenvalue weighted by atomic mass is 10.0. The predicted octanol–water partition coefficient (Wildman–Crippen LogP) is 0.702. The Morgan fingerprint density at radius 3 is 2.56 bits per heavy atom. The van der Waals surface area contributed by atoms with E-state index in [0.29, 0.717) is 12.3 Å². The summed E-state index contributed by atoms with van der Waals surface area (Å²) in [5, 5.41) is 27.1. The zero-order chi connectivity index (χ0) is 13.9. The van der Waals surface area contributed by atoms with Crippen LogP contribution in [0.2, 0.25) is 0 Å². The molecule has 0 saturated carbocycles. The second kappa shape index (κ2) is 5.20. The Labute approximate surface area is 99.1 Å². The zero-order valence-electron chi connectivity index (χ0n) is 8.90. The van der Waals surface area contributed by atoms with Crippen LogP contribution >= 0.6 is 0 Å². The number of nitrogens with zero attached hydrogens (tertiary/aromatic N) is 1. The van der Waals surface area contributed by atoms with Crippen LogP contribution in [0.5, 0.6) is 0 Å². The minimum atomic E-state index is -4.68. The van der Waals surface area contributed by atoms with Crippen molar-refractivity contribution < 1.29 is 23.4 Å². The Kier molecular flexibility index (Phi) is 4.11. The maximum absolute atomic E-state index is 12.4. The summed E-state index contributed by atoms with van der Waals surface area (Å²) < 4.78 is 37.2. The first kappa shape index (κ1) is 14.2. The monoisotopic (exact) mass is 262 g/mol. The molecule has 8 heteroatoms. The van der Waals surface area contributed by atoms with Gasteiger partial charge in [-0.1, -0.05) is 0 Å². The van der Waals surface area contributed by atoms with Crippen LogP contribution in [0.25, 0.3) is 0 Å². The van der Waals surface area contributed by atoms with Gasteiger partial charge < -0.3 is 15.2 Å². The molecular weight excluding hydrogens is 253 g/mol. The molecule has 0 amide bonds. The molecule has 1 aromatic rings. The summed E-state index contributed by atoms with van der Waals surface area (Å²) in [5.41, 5.74) is -2.74. The highest BCUT2D eigenvalue weighted by atomic mass is 19.4. The number of hydrogen-bond donors (Lipinski definition) is 3. The lowest BCUT2D eigenvalue weighted by Crippen LogP contribution is -2.26. The highest BCUT2D eigenvalue weighted by molar-refractivity contribution is 5.23. The van der Waals surface area contributed by atoms with E-state index in [0.717, 1.165) is 0 Å². The molecule has 18 heavy (non-hydrogen) atoms. The van der Waals surface area contributed by atoms with Crippen molar-refractivity contribution in [2.75, 3.05) is 0 Å². The third-order valence-corrected chi connectivity index (χ3v) is 2.24.